The molecule has 1 unspecified atom stereocenters. The molecule has 0 spiro atoms. The van der Waals surface area contributed by atoms with Gasteiger partial charge in [-0.1, -0.05) is 13.0 Å². The summed E-state index contributed by atoms with van der Waals surface area (Å²) in [5.74, 6) is -1.42. The molecule has 1 aromatic carbocycles. The van der Waals surface area contributed by atoms with Crippen LogP contribution in [0.15, 0.2) is 18.2 Å². The Hall–Kier alpha value is -1.04. The van der Waals surface area contributed by atoms with E-state index in [0.29, 0.717) is 0 Å². The smallest absolute Gasteiger partial charge is 0.131 e. The van der Waals surface area contributed by atoms with E-state index in [4.69, 9.17) is 0 Å². The third-order valence-electron chi connectivity index (χ3n) is 4.77. The molecule has 1 heterocycles. The van der Waals surface area contributed by atoms with Gasteiger partial charge >= 0.3 is 0 Å². The molecule has 1 fully saturated rings. The molecule has 3 nitrogen and oxygen atoms in total. The van der Waals surface area contributed by atoms with Gasteiger partial charge in [-0.25, -0.2) is 8.78 Å². The summed E-state index contributed by atoms with van der Waals surface area (Å²) >= 11 is 0. The molecular weight excluding hydrogens is 276 g/mol. The Kier molecular flexibility index (Phi) is 5.30. The van der Waals surface area contributed by atoms with Crippen molar-refractivity contribution in [1.82, 2.24) is 4.90 Å². The average Bonchev–Trinajstić information content (AvgIpc) is 2.48. The summed E-state index contributed by atoms with van der Waals surface area (Å²) in [4.78, 5) is 2.00. The Balaban J connectivity index is 1.97. The summed E-state index contributed by atoms with van der Waals surface area (Å²) in [7, 11) is 0. The van der Waals surface area contributed by atoms with E-state index >= 15 is 0 Å². The highest BCUT2D eigenvalue weighted by Gasteiger charge is 2.33. The second kappa shape index (κ2) is 6.81. The number of piperidine rings is 1. The van der Waals surface area contributed by atoms with Gasteiger partial charge in [0.15, 0.2) is 0 Å². The van der Waals surface area contributed by atoms with Gasteiger partial charge in [-0.05, 0) is 49.9 Å². The molecule has 0 aliphatic carbocycles. The highest BCUT2D eigenvalue weighted by Crippen LogP contribution is 2.34. The van der Waals surface area contributed by atoms with E-state index in [0.717, 1.165) is 44.5 Å². The van der Waals surface area contributed by atoms with Gasteiger partial charge in [0, 0.05) is 13.2 Å². The maximum atomic E-state index is 13.6. The summed E-state index contributed by atoms with van der Waals surface area (Å²) in [5, 5.41) is 19.6. The lowest BCUT2D eigenvalue weighted by molar-refractivity contribution is 0.0203. The highest BCUT2D eigenvalue weighted by atomic mass is 19.1. The number of aliphatic hydroxyl groups is 2. The number of benzene rings is 1. The van der Waals surface area contributed by atoms with Crippen LogP contribution in [0.25, 0.3) is 0 Å². The molecule has 0 amide bonds. The van der Waals surface area contributed by atoms with Gasteiger partial charge < -0.3 is 15.1 Å². The molecule has 2 N–H and O–H groups in total. The minimum Gasteiger partial charge on any atom is -0.396 e. The molecule has 0 saturated carbocycles. The predicted molar refractivity (Wildman–Crippen MR) is 76.8 cm³/mol. The predicted octanol–water partition coefficient (Wildman–Crippen LogP) is 2.48. The Morgan fingerprint density at radius 3 is 2.29 bits per heavy atom. The van der Waals surface area contributed by atoms with Gasteiger partial charge in [0.25, 0.3) is 0 Å². The van der Waals surface area contributed by atoms with Crippen LogP contribution < -0.4 is 0 Å². The number of nitrogens with zero attached hydrogens (tertiary/aromatic N) is 1. The molecule has 1 saturated heterocycles. The quantitative estimate of drug-likeness (QED) is 0.878. The minimum absolute atomic E-state index is 0.0370. The number of β-amino-alcohol motifs (C(OH)–C–C–N with tert-alkyl or cyclic N) is 1. The number of hydrogen-bond donors (Lipinski definition) is 2. The first kappa shape index (κ1) is 16.3. The van der Waals surface area contributed by atoms with Crippen molar-refractivity contribution < 1.29 is 19.0 Å². The largest absolute Gasteiger partial charge is 0.396 e. The Labute approximate surface area is 124 Å². The second-order valence-corrected chi connectivity index (χ2v) is 5.96. The molecule has 0 bridgehead atoms. The first-order chi connectivity index (χ1) is 10.0. The normalized spacial score (nSPS) is 20.4. The van der Waals surface area contributed by atoms with Crippen molar-refractivity contribution >= 4 is 0 Å². The molecule has 0 aromatic heterocycles. The van der Waals surface area contributed by atoms with Gasteiger partial charge in [-0.15, -0.1) is 0 Å². The van der Waals surface area contributed by atoms with E-state index in [1.165, 1.54) is 6.07 Å². The van der Waals surface area contributed by atoms with Gasteiger partial charge in [0.2, 0.25) is 0 Å². The number of likely N-dealkylation sites (tertiary alicyclic amines) is 1. The van der Waals surface area contributed by atoms with Crippen molar-refractivity contribution in [2.24, 2.45) is 5.41 Å². The fourth-order valence-corrected chi connectivity index (χ4v) is 3.00. The zero-order valence-corrected chi connectivity index (χ0v) is 12.4. The van der Waals surface area contributed by atoms with Crippen LogP contribution in [0, 0.1) is 17.0 Å². The van der Waals surface area contributed by atoms with E-state index in [-0.39, 0.29) is 24.1 Å². The summed E-state index contributed by atoms with van der Waals surface area (Å²) in [5.41, 5.74) is -0.294. The first-order valence-electron chi connectivity index (χ1n) is 7.46. The maximum absolute atomic E-state index is 13.6. The van der Waals surface area contributed by atoms with E-state index in [2.05, 4.69) is 6.92 Å². The molecule has 0 radical (unpaired) electrons. The second-order valence-electron chi connectivity index (χ2n) is 5.96. The van der Waals surface area contributed by atoms with E-state index in [1.807, 2.05) is 4.90 Å². The zero-order valence-electron chi connectivity index (χ0n) is 12.4. The molecule has 118 valence electrons. The fourth-order valence-electron chi connectivity index (χ4n) is 3.00. The van der Waals surface area contributed by atoms with Crippen molar-refractivity contribution in [3.05, 3.63) is 35.4 Å². The van der Waals surface area contributed by atoms with Gasteiger partial charge in [-0.3, -0.25) is 0 Å². The van der Waals surface area contributed by atoms with Crippen LogP contribution in [-0.4, -0.2) is 41.4 Å². The van der Waals surface area contributed by atoms with Crippen LogP contribution in [-0.2, 0) is 0 Å². The SMILES string of the molecule is CCC1(CO)CCN(CC(O)c2c(F)cccc2F)CC1. The number of rotatable bonds is 5. The van der Waals surface area contributed by atoms with E-state index in [9.17, 15) is 19.0 Å². The number of aliphatic hydroxyl groups excluding tert-OH is 2. The summed E-state index contributed by atoms with van der Waals surface area (Å²) in [6, 6.07) is 3.61. The van der Waals surface area contributed by atoms with E-state index in [1.54, 1.807) is 0 Å². The lowest BCUT2D eigenvalue weighted by Crippen LogP contribution is -2.43. The van der Waals surface area contributed by atoms with Crippen molar-refractivity contribution in [2.75, 3.05) is 26.2 Å². The van der Waals surface area contributed by atoms with Crippen LogP contribution >= 0.6 is 0 Å². The number of halogens is 2. The molecular formula is C16H23F2NO2. The maximum Gasteiger partial charge on any atom is 0.131 e. The van der Waals surface area contributed by atoms with Crippen LogP contribution in [0.5, 0.6) is 0 Å². The van der Waals surface area contributed by atoms with E-state index < -0.39 is 17.7 Å². The number of hydrogen-bond acceptors (Lipinski definition) is 3. The standard InChI is InChI=1S/C16H23F2NO2/c1-2-16(11-20)6-8-19(9-7-16)10-14(21)15-12(17)4-3-5-13(15)18/h3-5,14,20-21H,2,6-11H2,1H3. The zero-order chi connectivity index (χ0) is 15.5. The van der Waals surface area contributed by atoms with Gasteiger partial charge in [0.1, 0.15) is 11.6 Å². The molecule has 2 rings (SSSR count). The lowest BCUT2D eigenvalue weighted by Gasteiger charge is -2.40. The van der Waals surface area contributed by atoms with Crippen LogP contribution in [0.4, 0.5) is 8.78 Å². The molecule has 5 heteroatoms. The highest BCUT2D eigenvalue weighted by molar-refractivity contribution is 5.22. The molecule has 1 aliphatic heterocycles. The first-order valence-corrected chi connectivity index (χ1v) is 7.46. The Bertz CT molecular complexity index is 447. The fraction of sp³-hybridized carbons (Fsp3) is 0.625. The summed E-state index contributed by atoms with van der Waals surface area (Å²) < 4.78 is 27.3. The monoisotopic (exact) mass is 299 g/mol. The van der Waals surface area contributed by atoms with Gasteiger partial charge in [0.05, 0.1) is 11.7 Å². The van der Waals surface area contributed by atoms with Crippen molar-refractivity contribution in [3.63, 3.8) is 0 Å². The summed E-state index contributed by atoms with van der Waals surface area (Å²) in [6.07, 6.45) is 1.43. The van der Waals surface area contributed by atoms with Crippen molar-refractivity contribution in [1.29, 1.82) is 0 Å². The van der Waals surface area contributed by atoms with Crippen LogP contribution in [0.3, 0.4) is 0 Å². The minimum atomic E-state index is -1.17. The Morgan fingerprint density at radius 1 is 1.24 bits per heavy atom. The summed E-state index contributed by atoms with van der Waals surface area (Å²) in [6.45, 7) is 3.89. The molecule has 1 atom stereocenters. The molecule has 1 aliphatic rings. The Morgan fingerprint density at radius 2 is 1.81 bits per heavy atom. The van der Waals surface area contributed by atoms with Gasteiger partial charge in [-0.2, -0.15) is 0 Å². The van der Waals surface area contributed by atoms with Crippen molar-refractivity contribution in [3.8, 4) is 0 Å². The van der Waals surface area contributed by atoms with Crippen LogP contribution in [0.2, 0.25) is 0 Å². The lowest BCUT2D eigenvalue weighted by atomic mass is 9.77. The third kappa shape index (κ3) is 3.59. The molecule has 21 heavy (non-hydrogen) atoms. The third-order valence-corrected chi connectivity index (χ3v) is 4.77. The average molecular weight is 299 g/mol. The van der Waals surface area contributed by atoms with Crippen LogP contribution in [0.1, 0.15) is 37.9 Å². The molecule has 1 aromatic rings. The van der Waals surface area contributed by atoms with Crippen molar-refractivity contribution in [2.45, 2.75) is 32.3 Å². The topological polar surface area (TPSA) is 43.7 Å².